The summed E-state index contributed by atoms with van der Waals surface area (Å²) in [5.41, 5.74) is 1.18. The SMILES string of the molecule is CC(C)(C)c1ccccc1OCCNC(=O)NC1CCC(O)CC1. The molecule has 0 aromatic heterocycles. The van der Waals surface area contributed by atoms with Crippen molar-refractivity contribution in [1.29, 1.82) is 0 Å². The van der Waals surface area contributed by atoms with Crippen LogP contribution < -0.4 is 15.4 Å². The summed E-state index contributed by atoms with van der Waals surface area (Å²) in [6, 6.07) is 8.02. The lowest BCUT2D eigenvalue weighted by Crippen LogP contribution is -2.45. The van der Waals surface area contributed by atoms with E-state index in [0.717, 1.165) is 37.0 Å². The van der Waals surface area contributed by atoms with Crippen LogP contribution in [-0.4, -0.2) is 36.4 Å². The standard InChI is InChI=1S/C19H30N2O3/c1-19(2,3)16-6-4-5-7-17(16)24-13-12-20-18(23)21-14-8-10-15(22)11-9-14/h4-7,14-15,22H,8-13H2,1-3H3,(H2,20,21,23). The Morgan fingerprint density at radius 2 is 1.88 bits per heavy atom. The molecule has 1 aliphatic carbocycles. The average molecular weight is 334 g/mol. The molecule has 134 valence electrons. The minimum absolute atomic E-state index is 0.0208. The minimum atomic E-state index is -0.206. The van der Waals surface area contributed by atoms with Gasteiger partial charge >= 0.3 is 6.03 Å². The van der Waals surface area contributed by atoms with E-state index >= 15 is 0 Å². The van der Waals surface area contributed by atoms with E-state index in [1.54, 1.807) is 0 Å². The van der Waals surface area contributed by atoms with Crippen molar-refractivity contribution in [1.82, 2.24) is 10.6 Å². The monoisotopic (exact) mass is 334 g/mol. The Labute approximate surface area is 144 Å². The lowest BCUT2D eigenvalue weighted by Gasteiger charge is -2.26. The number of hydrogen-bond donors (Lipinski definition) is 3. The van der Waals surface area contributed by atoms with Gasteiger partial charge in [0.2, 0.25) is 0 Å². The molecule has 0 aliphatic heterocycles. The molecule has 0 spiro atoms. The van der Waals surface area contributed by atoms with Crippen molar-refractivity contribution in [3.05, 3.63) is 29.8 Å². The van der Waals surface area contributed by atoms with Crippen LogP contribution in [0.3, 0.4) is 0 Å². The van der Waals surface area contributed by atoms with Crippen molar-refractivity contribution in [2.45, 2.75) is 64.0 Å². The van der Waals surface area contributed by atoms with E-state index in [0.29, 0.717) is 13.2 Å². The first-order valence-corrected chi connectivity index (χ1v) is 8.81. The summed E-state index contributed by atoms with van der Waals surface area (Å²) >= 11 is 0. The number of carbonyl (C=O) groups excluding carboxylic acids is 1. The molecule has 0 atom stereocenters. The van der Waals surface area contributed by atoms with E-state index in [-0.39, 0.29) is 23.6 Å². The molecule has 5 nitrogen and oxygen atoms in total. The van der Waals surface area contributed by atoms with Crippen LogP contribution in [0.1, 0.15) is 52.0 Å². The number of amides is 2. The number of rotatable bonds is 5. The predicted octanol–water partition coefficient (Wildman–Crippen LogP) is 2.97. The first-order chi connectivity index (χ1) is 11.4. The molecule has 0 unspecified atom stereocenters. The minimum Gasteiger partial charge on any atom is -0.491 e. The highest BCUT2D eigenvalue weighted by atomic mass is 16.5. The third-order valence-electron chi connectivity index (χ3n) is 4.37. The summed E-state index contributed by atoms with van der Waals surface area (Å²) in [4.78, 5) is 11.9. The molecule has 2 rings (SSSR count). The van der Waals surface area contributed by atoms with Crippen LogP contribution >= 0.6 is 0 Å². The second kappa shape index (κ2) is 8.38. The predicted molar refractivity (Wildman–Crippen MR) is 95.4 cm³/mol. The molecule has 1 aromatic rings. The summed E-state index contributed by atoms with van der Waals surface area (Å²) in [5, 5.41) is 15.3. The highest BCUT2D eigenvalue weighted by molar-refractivity contribution is 5.74. The first-order valence-electron chi connectivity index (χ1n) is 8.81. The fourth-order valence-corrected chi connectivity index (χ4v) is 2.99. The van der Waals surface area contributed by atoms with Gasteiger partial charge in [0.25, 0.3) is 0 Å². The molecule has 0 radical (unpaired) electrons. The molecule has 2 amide bonds. The van der Waals surface area contributed by atoms with Crippen molar-refractivity contribution < 1.29 is 14.6 Å². The summed E-state index contributed by atoms with van der Waals surface area (Å²) in [6.45, 7) is 7.36. The molecule has 0 heterocycles. The van der Waals surface area contributed by atoms with Crippen LogP contribution in [0.15, 0.2) is 24.3 Å². The van der Waals surface area contributed by atoms with Gasteiger partial charge in [-0.1, -0.05) is 39.0 Å². The lowest BCUT2D eigenvalue weighted by molar-refractivity contribution is 0.117. The lowest BCUT2D eigenvalue weighted by atomic mass is 9.86. The fourth-order valence-electron chi connectivity index (χ4n) is 2.99. The Morgan fingerprint density at radius 3 is 2.54 bits per heavy atom. The topological polar surface area (TPSA) is 70.6 Å². The molecule has 0 saturated heterocycles. The zero-order chi connectivity index (χ0) is 17.6. The molecule has 0 bridgehead atoms. The quantitative estimate of drug-likeness (QED) is 0.725. The molecular formula is C19H30N2O3. The van der Waals surface area contributed by atoms with E-state index in [9.17, 15) is 9.90 Å². The Hall–Kier alpha value is -1.75. The maximum Gasteiger partial charge on any atom is 0.315 e. The first kappa shape index (κ1) is 18.6. The fraction of sp³-hybridized carbons (Fsp3) is 0.632. The van der Waals surface area contributed by atoms with Crippen molar-refractivity contribution in [3.63, 3.8) is 0 Å². The molecule has 24 heavy (non-hydrogen) atoms. The van der Waals surface area contributed by atoms with E-state index in [1.807, 2.05) is 18.2 Å². The highest BCUT2D eigenvalue weighted by Gasteiger charge is 2.21. The van der Waals surface area contributed by atoms with Gasteiger partial charge in [-0.15, -0.1) is 0 Å². The molecule has 1 saturated carbocycles. The Kier molecular flexibility index (Phi) is 6.49. The number of hydrogen-bond acceptors (Lipinski definition) is 3. The van der Waals surface area contributed by atoms with E-state index in [4.69, 9.17) is 4.74 Å². The van der Waals surface area contributed by atoms with E-state index in [1.165, 1.54) is 0 Å². The van der Waals surface area contributed by atoms with Crippen LogP contribution in [0.5, 0.6) is 5.75 Å². The van der Waals surface area contributed by atoms with Crippen molar-refractivity contribution >= 4 is 6.03 Å². The van der Waals surface area contributed by atoms with Gasteiger partial charge in [0.15, 0.2) is 0 Å². The van der Waals surface area contributed by atoms with Gasteiger partial charge in [-0.05, 0) is 42.7 Å². The van der Waals surface area contributed by atoms with Crippen molar-refractivity contribution in [2.75, 3.05) is 13.2 Å². The van der Waals surface area contributed by atoms with E-state index < -0.39 is 0 Å². The molecule has 3 N–H and O–H groups in total. The Bertz CT molecular complexity index is 532. The second-order valence-electron chi connectivity index (χ2n) is 7.50. The highest BCUT2D eigenvalue weighted by Crippen LogP contribution is 2.30. The maximum absolute atomic E-state index is 11.9. The van der Waals surface area contributed by atoms with Crippen LogP contribution in [0.4, 0.5) is 4.79 Å². The van der Waals surface area contributed by atoms with Crippen LogP contribution in [0.25, 0.3) is 0 Å². The number of benzene rings is 1. The maximum atomic E-state index is 11.9. The third-order valence-corrected chi connectivity index (χ3v) is 4.37. The number of ether oxygens (including phenoxy) is 1. The molecular weight excluding hydrogens is 304 g/mol. The number of aliphatic hydroxyl groups excluding tert-OH is 1. The normalized spacial score (nSPS) is 21.2. The van der Waals surface area contributed by atoms with Gasteiger partial charge in [-0.2, -0.15) is 0 Å². The van der Waals surface area contributed by atoms with Crippen molar-refractivity contribution in [3.8, 4) is 5.75 Å². The Balaban J connectivity index is 1.71. The van der Waals surface area contributed by atoms with E-state index in [2.05, 4.69) is 37.5 Å². The summed E-state index contributed by atoms with van der Waals surface area (Å²) in [7, 11) is 0. The number of aliphatic hydroxyl groups is 1. The molecule has 1 fully saturated rings. The van der Waals surface area contributed by atoms with Crippen LogP contribution in [0, 0.1) is 0 Å². The largest absolute Gasteiger partial charge is 0.491 e. The van der Waals surface area contributed by atoms with Gasteiger partial charge in [0.05, 0.1) is 12.6 Å². The zero-order valence-corrected chi connectivity index (χ0v) is 15.0. The van der Waals surface area contributed by atoms with Gasteiger partial charge in [0.1, 0.15) is 12.4 Å². The number of para-hydroxylation sites is 1. The Morgan fingerprint density at radius 1 is 1.21 bits per heavy atom. The van der Waals surface area contributed by atoms with Gasteiger partial charge in [-0.25, -0.2) is 4.79 Å². The molecule has 1 aromatic carbocycles. The van der Waals surface area contributed by atoms with Crippen molar-refractivity contribution in [2.24, 2.45) is 0 Å². The zero-order valence-electron chi connectivity index (χ0n) is 15.0. The number of nitrogens with one attached hydrogen (secondary N) is 2. The second-order valence-corrected chi connectivity index (χ2v) is 7.50. The molecule has 5 heteroatoms. The summed E-state index contributed by atoms with van der Waals surface area (Å²) in [6.07, 6.45) is 2.99. The van der Waals surface area contributed by atoms with Crippen LogP contribution in [0.2, 0.25) is 0 Å². The molecule has 1 aliphatic rings. The third kappa shape index (κ3) is 5.71. The summed E-state index contributed by atoms with van der Waals surface area (Å²) < 4.78 is 5.84. The number of carbonyl (C=O) groups is 1. The number of urea groups is 1. The van der Waals surface area contributed by atoms with Crippen LogP contribution in [-0.2, 0) is 5.41 Å². The van der Waals surface area contributed by atoms with Gasteiger partial charge in [0, 0.05) is 6.04 Å². The smallest absolute Gasteiger partial charge is 0.315 e. The summed E-state index contributed by atoms with van der Waals surface area (Å²) in [5.74, 6) is 0.869. The average Bonchev–Trinajstić information content (AvgIpc) is 2.53. The van der Waals surface area contributed by atoms with Gasteiger partial charge in [-0.3, -0.25) is 0 Å². The van der Waals surface area contributed by atoms with Gasteiger partial charge < -0.3 is 20.5 Å².